The fourth-order valence-corrected chi connectivity index (χ4v) is 1.76. The second-order valence-corrected chi connectivity index (χ2v) is 5.56. The van der Waals surface area contributed by atoms with Crippen LogP contribution in [-0.4, -0.2) is 23.7 Å². The van der Waals surface area contributed by atoms with E-state index in [1.807, 2.05) is 20.8 Å². The number of hydrogen-bond acceptors (Lipinski definition) is 4. The summed E-state index contributed by atoms with van der Waals surface area (Å²) in [6.45, 7) is 6.51. The molecule has 0 atom stereocenters. The Labute approximate surface area is 121 Å². The fraction of sp³-hybridized carbons (Fsp3) is 0.538. The number of ether oxygens (including phenoxy) is 2. The van der Waals surface area contributed by atoms with Gasteiger partial charge in [0.1, 0.15) is 6.61 Å². The molecule has 0 spiro atoms. The SMILES string of the molecule is CC(C)(C)OCCOc1ccc(CBr)cc1[N+](=O)[O-]. The van der Waals surface area contributed by atoms with Crippen LogP contribution in [0, 0.1) is 10.1 Å². The molecule has 5 nitrogen and oxygen atoms in total. The second kappa shape index (κ2) is 6.86. The number of hydrogen-bond donors (Lipinski definition) is 0. The smallest absolute Gasteiger partial charge is 0.311 e. The van der Waals surface area contributed by atoms with Crippen LogP contribution in [0.15, 0.2) is 18.2 Å². The maximum absolute atomic E-state index is 11.0. The monoisotopic (exact) mass is 331 g/mol. The predicted molar refractivity (Wildman–Crippen MR) is 76.9 cm³/mol. The van der Waals surface area contributed by atoms with E-state index in [0.29, 0.717) is 11.9 Å². The van der Waals surface area contributed by atoms with Crippen LogP contribution in [0.3, 0.4) is 0 Å². The molecule has 0 fully saturated rings. The summed E-state index contributed by atoms with van der Waals surface area (Å²) < 4.78 is 10.9. The summed E-state index contributed by atoms with van der Waals surface area (Å²) in [5.74, 6) is 0.271. The highest BCUT2D eigenvalue weighted by molar-refractivity contribution is 9.08. The number of nitro groups is 1. The molecule has 1 rings (SSSR count). The summed E-state index contributed by atoms with van der Waals surface area (Å²) in [6, 6.07) is 4.92. The van der Waals surface area contributed by atoms with Gasteiger partial charge < -0.3 is 9.47 Å². The molecular formula is C13H18BrNO4. The van der Waals surface area contributed by atoms with E-state index in [9.17, 15) is 10.1 Å². The van der Waals surface area contributed by atoms with Crippen LogP contribution in [0.25, 0.3) is 0 Å². The second-order valence-electron chi connectivity index (χ2n) is 5.00. The molecule has 0 N–H and O–H groups in total. The van der Waals surface area contributed by atoms with Crippen LogP contribution in [-0.2, 0) is 10.1 Å². The summed E-state index contributed by atoms with van der Waals surface area (Å²) in [5.41, 5.74) is 0.576. The molecule has 6 heteroatoms. The Balaban J connectivity index is 2.65. The molecule has 19 heavy (non-hydrogen) atoms. The van der Waals surface area contributed by atoms with E-state index in [1.54, 1.807) is 12.1 Å². The Bertz CT molecular complexity index is 443. The fourth-order valence-electron chi connectivity index (χ4n) is 1.41. The van der Waals surface area contributed by atoms with Crippen molar-refractivity contribution in [3.05, 3.63) is 33.9 Å². The van der Waals surface area contributed by atoms with E-state index >= 15 is 0 Å². The number of alkyl halides is 1. The van der Waals surface area contributed by atoms with Gasteiger partial charge in [-0.2, -0.15) is 0 Å². The van der Waals surface area contributed by atoms with Crippen molar-refractivity contribution >= 4 is 21.6 Å². The summed E-state index contributed by atoms with van der Waals surface area (Å²) in [5, 5.41) is 11.5. The molecule has 0 saturated heterocycles. The number of nitrogens with zero attached hydrogens (tertiary/aromatic N) is 1. The summed E-state index contributed by atoms with van der Waals surface area (Å²) in [4.78, 5) is 10.5. The van der Waals surface area contributed by atoms with Crippen molar-refractivity contribution in [1.82, 2.24) is 0 Å². The third-order valence-electron chi connectivity index (χ3n) is 2.25. The normalized spacial score (nSPS) is 11.4. The molecule has 0 unspecified atom stereocenters. The maximum Gasteiger partial charge on any atom is 0.311 e. The lowest BCUT2D eigenvalue weighted by Gasteiger charge is -2.19. The lowest BCUT2D eigenvalue weighted by atomic mass is 10.2. The molecule has 0 aromatic heterocycles. The highest BCUT2D eigenvalue weighted by Crippen LogP contribution is 2.28. The average Bonchev–Trinajstić information content (AvgIpc) is 2.33. The number of nitro benzene ring substituents is 1. The highest BCUT2D eigenvalue weighted by Gasteiger charge is 2.16. The van der Waals surface area contributed by atoms with Gasteiger partial charge in [-0.3, -0.25) is 10.1 Å². The minimum Gasteiger partial charge on any atom is -0.484 e. The molecule has 0 radical (unpaired) electrons. The molecule has 0 amide bonds. The van der Waals surface area contributed by atoms with Gasteiger partial charge in [0, 0.05) is 11.4 Å². The zero-order valence-electron chi connectivity index (χ0n) is 11.3. The molecule has 0 heterocycles. The van der Waals surface area contributed by atoms with E-state index in [-0.39, 0.29) is 23.6 Å². The number of rotatable bonds is 6. The van der Waals surface area contributed by atoms with E-state index in [4.69, 9.17) is 9.47 Å². The van der Waals surface area contributed by atoms with Crippen molar-refractivity contribution in [1.29, 1.82) is 0 Å². The summed E-state index contributed by atoms with van der Waals surface area (Å²) in [7, 11) is 0. The Morgan fingerprint density at radius 3 is 2.53 bits per heavy atom. The van der Waals surface area contributed by atoms with Crippen LogP contribution >= 0.6 is 15.9 Å². The summed E-state index contributed by atoms with van der Waals surface area (Å²) in [6.07, 6.45) is 0. The van der Waals surface area contributed by atoms with Crippen molar-refractivity contribution in [2.75, 3.05) is 13.2 Å². The van der Waals surface area contributed by atoms with Crippen molar-refractivity contribution < 1.29 is 14.4 Å². The molecule has 1 aromatic carbocycles. The Morgan fingerprint density at radius 1 is 1.32 bits per heavy atom. The Hall–Kier alpha value is -1.14. The average molecular weight is 332 g/mol. The zero-order valence-corrected chi connectivity index (χ0v) is 12.9. The minimum absolute atomic E-state index is 0.0206. The van der Waals surface area contributed by atoms with E-state index in [1.165, 1.54) is 6.07 Å². The standard InChI is InChI=1S/C13H18BrNO4/c1-13(2,3)19-7-6-18-12-5-4-10(9-14)8-11(12)15(16)17/h4-5,8H,6-7,9H2,1-3H3. The molecule has 0 aliphatic rings. The molecule has 1 aromatic rings. The van der Waals surface area contributed by atoms with Gasteiger partial charge in [-0.15, -0.1) is 0 Å². The number of benzene rings is 1. The molecule has 0 aliphatic heterocycles. The van der Waals surface area contributed by atoms with Gasteiger partial charge in [0.25, 0.3) is 0 Å². The first-order valence-corrected chi connectivity index (χ1v) is 7.05. The van der Waals surface area contributed by atoms with Gasteiger partial charge in [-0.1, -0.05) is 22.0 Å². The third kappa shape index (κ3) is 5.57. The highest BCUT2D eigenvalue weighted by atomic mass is 79.9. The first kappa shape index (κ1) is 15.9. The van der Waals surface area contributed by atoms with Crippen LogP contribution in [0.1, 0.15) is 26.3 Å². The lowest BCUT2D eigenvalue weighted by Crippen LogP contribution is -2.22. The molecule has 0 bridgehead atoms. The maximum atomic E-state index is 11.0. The van der Waals surface area contributed by atoms with E-state index < -0.39 is 4.92 Å². The van der Waals surface area contributed by atoms with Crippen molar-refractivity contribution in [2.24, 2.45) is 0 Å². The van der Waals surface area contributed by atoms with Crippen molar-refractivity contribution in [3.8, 4) is 5.75 Å². The first-order valence-electron chi connectivity index (χ1n) is 5.93. The largest absolute Gasteiger partial charge is 0.484 e. The van der Waals surface area contributed by atoms with Gasteiger partial charge in [0.2, 0.25) is 0 Å². The first-order chi connectivity index (χ1) is 8.83. The van der Waals surface area contributed by atoms with Crippen LogP contribution in [0.4, 0.5) is 5.69 Å². The van der Waals surface area contributed by atoms with Crippen LogP contribution in [0.5, 0.6) is 5.75 Å². The third-order valence-corrected chi connectivity index (χ3v) is 2.90. The quantitative estimate of drug-likeness (QED) is 0.345. The molecule has 106 valence electrons. The van der Waals surface area contributed by atoms with Gasteiger partial charge in [-0.05, 0) is 32.4 Å². The molecule has 0 saturated carbocycles. The van der Waals surface area contributed by atoms with Gasteiger partial charge >= 0.3 is 5.69 Å². The van der Waals surface area contributed by atoms with Gasteiger partial charge in [0.05, 0.1) is 17.1 Å². The van der Waals surface area contributed by atoms with E-state index in [0.717, 1.165) is 5.56 Å². The molecular weight excluding hydrogens is 314 g/mol. The Morgan fingerprint density at radius 2 is 2.00 bits per heavy atom. The minimum atomic E-state index is -0.438. The predicted octanol–water partition coefficient (Wildman–Crippen LogP) is 3.68. The lowest BCUT2D eigenvalue weighted by molar-refractivity contribution is -0.385. The van der Waals surface area contributed by atoms with Gasteiger partial charge in [0.15, 0.2) is 5.75 Å². The van der Waals surface area contributed by atoms with Crippen LogP contribution < -0.4 is 4.74 Å². The van der Waals surface area contributed by atoms with E-state index in [2.05, 4.69) is 15.9 Å². The van der Waals surface area contributed by atoms with Crippen molar-refractivity contribution in [3.63, 3.8) is 0 Å². The number of halogens is 1. The summed E-state index contributed by atoms with van der Waals surface area (Å²) >= 11 is 3.27. The topological polar surface area (TPSA) is 61.6 Å². The van der Waals surface area contributed by atoms with Gasteiger partial charge in [-0.25, -0.2) is 0 Å². The van der Waals surface area contributed by atoms with Crippen molar-refractivity contribution in [2.45, 2.75) is 31.7 Å². The van der Waals surface area contributed by atoms with Crippen LogP contribution in [0.2, 0.25) is 0 Å². The molecule has 0 aliphatic carbocycles. The zero-order chi connectivity index (χ0) is 14.5. The Kier molecular flexibility index (Phi) is 5.75.